The predicted molar refractivity (Wildman–Crippen MR) is 57.7 cm³/mol. The molecule has 1 fully saturated rings. The van der Waals surface area contributed by atoms with Crippen molar-refractivity contribution in [3.63, 3.8) is 0 Å². The highest BCUT2D eigenvalue weighted by Crippen LogP contribution is 2.17. The number of sulfonamides is 1. The predicted octanol–water partition coefficient (Wildman–Crippen LogP) is 0.220. The Hall–Kier alpha value is -0.130. The molecular formula is C9H20N2O2S. The summed E-state index contributed by atoms with van der Waals surface area (Å²) in [5, 5.41) is 0. The van der Waals surface area contributed by atoms with E-state index in [9.17, 15) is 8.42 Å². The van der Waals surface area contributed by atoms with Crippen LogP contribution in [0.2, 0.25) is 0 Å². The van der Waals surface area contributed by atoms with Crippen molar-refractivity contribution in [2.45, 2.75) is 12.8 Å². The van der Waals surface area contributed by atoms with Gasteiger partial charge in [-0.1, -0.05) is 0 Å². The molecule has 0 aromatic rings. The minimum atomic E-state index is -3.00. The van der Waals surface area contributed by atoms with Crippen molar-refractivity contribution >= 4 is 10.0 Å². The van der Waals surface area contributed by atoms with Crippen LogP contribution < -0.4 is 0 Å². The summed E-state index contributed by atoms with van der Waals surface area (Å²) in [7, 11) is 0.772. The Morgan fingerprint density at radius 3 is 2.29 bits per heavy atom. The van der Waals surface area contributed by atoms with E-state index in [2.05, 4.69) is 11.9 Å². The molecule has 1 aliphatic heterocycles. The van der Waals surface area contributed by atoms with E-state index >= 15 is 0 Å². The van der Waals surface area contributed by atoms with Crippen LogP contribution in [0.1, 0.15) is 12.8 Å². The Morgan fingerprint density at radius 2 is 1.86 bits per heavy atom. The molecule has 1 aliphatic rings. The van der Waals surface area contributed by atoms with Crippen LogP contribution in [0, 0.1) is 5.92 Å². The van der Waals surface area contributed by atoms with Gasteiger partial charge in [0.25, 0.3) is 0 Å². The first kappa shape index (κ1) is 11.9. The summed E-state index contributed by atoms with van der Waals surface area (Å²) in [5.74, 6) is 0.533. The van der Waals surface area contributed by atoms with Crippen LogP contribution in [0.5, 0.6) is 0 Å². The van der Waals surface area contributed by atoms with Gasteiger partial charge in [-0.25, -0.2) is 12.7 Å². The molecule has 1 saturated heterocycles. The van der Waals surface area contributed by atoms with Crippen molar-refractivity contribution in [3.8, 4) is 0 Å². The third kappa shape index (κ3) is 3.55. The zero-order chi connectivity index (χ0) is 10.8. The fourth-order valence-corrected chi connectivity index (χ4v) is 2.23. The zero-order valence-electron chi connectivity index (χ0n) is 9.23. The Bertz CT molecular complexity index is 269. The lowest BCUT2D eigenvalue weighted by molar-refractivity contribution is 0.202. The quantitative estimate of drug-likeness (QED) is 0.683. The first-order valence-electron chi connectivity index (χ1n) is 4.99. The topological polar surface area (TPSA) is 40.6 Å². The molecule has 0 aromatic carbocycles. The van der Waals surface area contributed by atoms with Crippen LogP contribution in [-0.2, 0) is 10.0 Å². The van der Waals surface area contributed by atoms with E-state index in [0.29, 0.717) is 12.5 Å². The van der Waals surface area contributed by atoms with Crippen LogP contribution in [-0.4, -0.2) is 57.6 Å². The van der Waals surface area contributed by atoms with E-state index in [1.165, 1.54) is 10.6 Å². The normalized spacial score (nSPS) is 21.7. The maximum atomic E-state index is 11.2. The second-order valence-corrected chi connectivity index (χ2v) is 6.38. The fraction of sp³-hybridized carbons (Fsp3) is 1.00. The van der Waals surface area contributed by atoms with Gasteiger partial charge >= 0.3 is 0 Å². The molecule has 0 bridgehead atoms. The zero-order valence-corrected chi connectivity index (χ0v) is 10.0. The number of piperidine rings is 1. The van der Waals surface area contributed by atoms with Gasteiger partial charge in [-0.15, -0.1) is 0 Å². The van der Waals surface area contributed by atoms with Gasteiger partial charge in [0.15, 0.2) is 0 Å². The maximum Gasteiger partial charge on any atom is 0.210 e. The molecule has 0 aromatic heterocycles. The van der Waals surface area contributed by atoms with Gasteiger partial charge in [-0.3, -0.25) is 0 Å². The number of nitrogens with zero attached hydrogens (tertiary/aromatic N) is 2. The maximum absolute atomic E-state index is 11.2. The lowest BCUT2D eigenvalue weighted by Gasteiger charge is -2.30. The van der Waals surface area contributed by atoms with Gasteiger partial charge < -0.3 is 4.90 Å². The number of rotatable bonds is 3. The molecule has 0 saturated carbocycles. The largest absolute Gasteiger partial charge is 0.306 e. The van der Waals surface area contributed by atoms with Crippen molar-refractivity contribution in [2.24, 2.45) is 5.92 Å². The highest BCUT2D eigenvalue weighted by atomic mass is 32.2. The lowest BCUT2D eigenvalue weighted by atomic mass is 9.97. The van der Waals surface area contributed by atoms with Crippen LogP contribution in [0.3, 0.4) is 0 Å². The molecule has 0 N–H and O–H groups in total. The molecule has 0 radical (unpaired) electrons. The smallest absolute Gasteiger partial charge is 0.210 e. The Labute approximate surface area is 86.9 Å². The molecule has 14 heavy (non-hydrogen) atoms. The van der Waals surface area contributed by atoms with Crippen molar-refractivity contribution in [1.82, 2.24) is 9.21 Å². The van der Waals surface area contributed by atoms with Crippen LogP contribution in [0.25, 0.3) is 0 Å². The van der Waals surface area contributed by atoms with E-state index in [1.807, 2.05) is 0 Å². The molecule has 4 nitrogen and oxygen atoms in total. The summed E-state index contributed by atoms with van der Waals surface area (Å²) in [6.45, 7) is 2.84. The van der Waals surface area contributed by atoms with E-state index in [-0.39, 0.29) is 0 Å². The van der Waals surface area contributed by atoms with E-state index in [1.54, 1.807) is 7.05 Å². The number of hydrogen-bond donors (Lipinski definition) is 0. The summed E-state index contributed by atoms with van der Waals surface area (Å²) in [4.78, 5) is 2.29. The molecule has 1 heterocycles. The van der Waals surface area contributed by atoms with E-state index < -0.39 is 10.0 Å². The SMILES string of the molecule is CN1CCC(CN(C)S(C)(=O)=O)CC1. The summed E-state index contributed by atoms with van der Waals surface area (Å²) in [6, 6.07) is 0. The third-order valence-electron chi connectivity index (χ3n) is 2.92. The van der Waals surface area contributed by atoms with Crippen molar-refractivity contribution in [2.75, 3.05) is 40.0 Å². The molecule has 1 rings (SSSR count). The minimum absolute atomic E-state index is 0.533. The van der Waals surface area contributed by atoms with Crippen LogP contribution in [0.15, 0.2) is 0 Å². The van der Waals surface area contributed by atoms with Crippen molar-refractivity contribution < 1.29 is 8.42 Å². The standard InChI is InChI=1S/C9H20N2O2S/c1-10-6-4-9(5-7-10)8-11(2)14(3,12)13/h9H,4-8H2,1-3H3. The van der Waals surface area contributed by atoms with Gasteiger partial charge in [-0.2, -0.15) is 0 Å². The van der Waals surface area contributed by atoms with Gasteiger partial charge in [0, 0.05) is 13.6 Å². The summed E-state index contributed by atoms with van der Waals surface area (Å²) >= 11 is 0. The summed E-state index contributed by atoms with van der Waals surface area (Å²) < 4.78 is 23.8. The van der Waals surface area contributed by atoms with Crippen LogP contribution >= 0.6 is 0 Å². The van der Waals surface area contributed by atoms with Gasteiger partial charge in [0.05, 0.1) is 6.26 Å². The first-order valence-corrected chi connectivity index (χ1v) is 6.84. The summed E-state index contributed by atoms with van der Waals surface area (Å²) in [5.41, 5.74) is 0. The third-order valence-corrected chi connectivity index (χ3v) is 4.20. The molecule has 84 valence electrons. The van der Waals surface area contributed by atoms with Gasteiger partial charge in [-0.05, 0) is 38.9 Å². The second-order valence-electron chi connectivity index (χ2n) is 4.29. The monoisotopic (exact) mass is 220 g/mol. The molecule has 0 unspecified atom stereocenters. The molecule has 0 amide bonds. The lowest BCUT2D eigenvalue weighted by Crippen LogP contribution is -2.37. The minimum Gasteiger partial charge on any atom is -0.306 e. The van der Waals surface area contributed by atoms with Crippen LogP contribution in [0.4, 0.5) is 0 Å². The number of likely N-dealkylation sites (tertiary alicyclic amines) is 1. The summed E-state index contributed by atoms with van der Waals surface area (Å²) in [6.07, 6.45) is 3.48. The Morgan fingerprint density at radius 1 is 1.36 bits per heavy atom. The van der Waals surface area contributed by atoms with Crippen molar-refractivity contribution in [1.29, 1.82) is 0 Å². The highest BCUT2D eigenvalue weighted by molar-refractivity contribution is 7.88. The average Bonchev–Trinajstić information content (AvgIpc) is 2.07. The Balaban J connectivity index is 2.38. The highest BCUT2D eigenvalue weighted by Gasteiger charge is 2.21. The first-order chi connectivity index (χ1) is 6.39. The molecule has 5 heteroatoms. The average molecular weight is 220 g/mol. The molecular weight excluding hydrogens is 200 g/mol. The van der Waals surface area contributed by atoms with E-state index in [4.69, 9.17) is 0 Å². The molecule has 0 spiro atoms. The van der Waals surface area contributed by atoms with Crippen molar-refractivity contribution in [3.05, 3.63) is 0 Å². The molecule has 0 atom stereocenters. The Kier molecular flexibility index (Phi) is 3.92. The molecule has 0 aliphatic carbocycles. The van der Waals surface area contributed by atoms with Gasteiger partial charge in [0.2, 0.25) is 10.0 Å². The number of hydrogen-bond acceptors (Lipinski definition) is 3. The van der Waals surface area contributed by atoms with E-state index in [0.717, 1.165) is 25.9 Å². The second kappa shape index (κ2) is 4.59. The fourth-order valence-electron chi connectivity index (χ4n) is 1.74. The van der Waals surface area contributed by atoms with Gasteiger partial charge in [0.1, 0.15) is 0 Å².